The van der Waals surface area contributed by atoms with Gasteiger partial charge in [0.1, 0.15) is 18.5 Å². The molecule has 1 heterocycles. The maximum Gasteiger partial charge on any atom is 0.320 e. The molecule has 1 N–H and O–H groups in total. The van der Waals surface area contributed by atoms with Crippen molar-refractivity contribution in [1.82, 2.24) is 9.80 Å². The summed E-state index contributed by atoms with van der Waals surface area (Å²) in [5.41, 5.74) is 3.72. The molecule has 0 spiro atoms. The maximum atomic E-state index is 11.7. The molecular weight excluding hydrogens is 380 g/mol. The van der Waals surface area contributed by atoms with Crippen LogP contribution in [-0.2, 0) is 29.0 Å². The molecule has 1 aliphatic heterocycles. The number of esters is 1. The molecule has 0 radical (unpaired) electrons. The predicted octanol–water partition coefficient (Wildman–Crippen LogP) is 2.48. The van der Waals surface area contributed by atoms with Crippen molar-refractivity contribution in [3.05, 3.63) is 65.2 Å². The normalized spacial score (nSPS) is 14.9. The second kappa shape index (κ2) is 11.1. The van der Waals surface area contributed by atoms with E-state index in [9.17, 15) is 9.90 Å². The van der Waals surface area contributed by atoms with Crippen LogP contribution in [0, 0.1) is 0 Å². The number of hydrogen-bond acceptors (Lipinski definition) is 6. The Morgan fingerprint density at radius 2 is 1.90 bits per heavy atom. The third kappa shape index (κ3) is 6.55. The molecule has 0 bridgehead atoms. The fourth-order valence-electron chi connectivity index (χ4n) is 3.80. The first-order valence-corrected chi connectivity index (χ1v) is 10.6. The number of carbonyl (C=O) groups excluding carboxylic acids is 1. The minimum atomic E-state index is -0.569. The Kier molecular flexibility index (Phi) is 8.25. The minimum Gasteiger partial charge on any atom is -0.491 e. The number of carbonyl (C=O) groups is 1. The Balaban J connectivity index is 1.49. The largest absolute Gasteiger partial charge is 0.491 e. The average Bonchev–Trinajstić information content (AvgIpc) is 2.73. The van der Waals surface area contributed by atoms with Crippen molar-refractivity contribution in [2.24, 2.45) is 0 Å². The Morgan fingerprint density at radius 1 is 1.17 bits per heavy atom. The topological polar surface area (TPSA) is 62.2 Å². The Labute approximate surface area is 179 Å². The van der Waals surface area contributed by atoms with E-state index >= 15 is 0 Å². The SMILES string of the molecule is CCOC(=O)CN(C)Cc1ccccc1OCC(O)CN1CCc2ccccc2C1. The highest BCUT2D eigenvalue weighted by Crippen LogP contribution is 2.21. The zero-order valence-corrected chi connectivity index (χ0v) is 17.9. The predicted molar refractivity (Wildman–Crippen MR) is 116 cm³/mol. The molecule has 0 fully saturated rings. The third-order valence-corrected chi connectivity index (χ3v) is 5.23. The van der Waals surface area contributed by atoms with Gasteiger partial charge < -0.3 is 14.6 Å². The van der Waals surface area contributed by atoms with Gasteiger partial charge in [0.2, 0.25) is 0 Å². The van der Waals surface area contributed by atoms with Crippen LogP contribution in [0.25, 0.3) is 0 Å². The molecule has 30 heavy (non-hydrogen) atoms. The molecule has 1 unspecified atom stereocenters. The van der Waals surface area contributed by atoms with Gasteiger partial charge >= 0.3 is 5.97 Å². The van der Waals surface area contributed by atoms with Gasteiger partial charge in [0.25, 0.3) is 0 Å². The van der Waals surface area contributed by atoms with Gasteiger partial charge in [0, 0.05) is 31.7 Å². The number of aliphatic hydroxyl groups is 1. The molecule has 6 nitrogen and oxygen atoms in total. The van der Waals surface area contributed by atoms with Gasteiger partial charge in [-0.3, -0.25) is 14.6 Å². The second-order valence-electron chi connectivity index (χ2n) is 7.80. The maximum absolute atomic E-state index is 11.7. The molecule has 0 aromatic heterocycles. The van der Waals surface area contributed by atoms with Gasteiger partial charge in [-0.05, 0) is 37.6 Å². The van der Waals surface area contributed by atoms with Crippen molar-refractivity contribution in [3.63, 3.8) is 0 Å². The first-order chi connectivity index (χ1) is 14.5. The molecule has 162 valence electrons. The number of hydrogen-bond donors (Lipinski definition) is 1. The lowest BCUT2D eigenvalue weighted by atomic mass is 10.00. The van der Waals surface area contributed by atoms with Gasteiger partial charge in [0.05, 0.1) is 13.2 Å². The molecule has 1 aliphatic rings. The number of nitrogens with zero attached hydrogens (tertiary/aromatic N) is 2. The monoisotopic (exact) mass is 412 g/mol. The number of ether oxygens (including phenoxy) is 2. The van der Waals surface area contributed by atoms with Gasteiger partial charge in [0.15, 0.2) is 0 Å². The number of para-hydroxylation sites is 1. The van der Waals surface area contributed by atoms with Crippen molar-refractivity contribution in [2.75, 3.05) is 39.9 Å². The fourth-order valence-corrected chi connectivity index (χ4v) is 3.80. The van der Waals surface area contributed by atoms with Crippen LogP contribution in [0.5, 0.6) is 5.75 Å². The molecule has 1 atom stereocenters. The minimum absolute atomic E-state index is 0.223. The number of aliphatic hydroxyl groups excluding tert-OH is 1. The van der Waals surface area contributed by atoms with E-state index in [0.29, 0.717) is 19.7 Å². The lowest BCUT2D eigenvalue weighted by Crippen LogP contribution is -2.38. The zero-order chi connectivity index (χ0) is 21.3. The number of fused-ring (bicyclic) bond motifs is 1. The zero-order valence-electron chi connectivity index (χ0n) is 17.9. The Bertz CT molecular complexity index is 826. The van der Waals surface area contributed by atoms with Crippen LogP contribution in [-0.4, -0.2) is 66.9 Å². The summed E-state index contributed by atoms with van der Waals surface area (Å²) in [4.78, 5) is 15.8. The number of β-amino-alcohol motifs (C(OH)–C–C–N with tert-alkyl or cyclic N) is 1. The molecular formula is C24H32N2O4. The standard InChI is InChI=1S/C24H32N2O4/c1-3-29-24(28)17-25(2)14-21-10-6-7-11-23(21)30-18-22(27)16-26-13-12-19-8-4-5-9-20(19)15-26/h4-11,22,27H,3,12-18H2,1-2H3. The summed E-state index contributed by atoms with van der Waals surface area (Å²) >= 11 is 0. The molecule has 0 saturated carbocycles. The summed E-state index contributed by atoms with van der Waals surface area (Å²) in [5, 5.41) is 10.5. The van der Waals surface area contributed by atoms with Crippen LogP contribution < -0.4 is 4.74 Å². The number of rotatable bonds is 10. The Morgan fingerprint density at radius 3 is 2.70 bits per heavy atom. The summed E-state index contributed by atoms with van der Waals surface area (Å²) in [6.07, 6.45) is 0.444. The highest BCUT2D eigenvalue weighted by atomic mass is 16.5. The van der Waals surface area contributed by atoms with E-state index < -0.39 is 6.10 Å². The summed E-state index contributed by atoms with van der Waals surface area (Å²) < 4.78 is 10.9. The molecule has 3 rings (SSSR count). The lowest BCUT2D eigenvalue weighted by molar-refractivity contribution is -0.144. The molecule has 2 aromatic rings. The van der Waals surface area contributed by atoms with Crippen molar-refractivity contribution < 1.29 is 19.4 Å². The highest BCUT2D eigenvalue weighted by molar-refractivity contribution is 5.71. The van der Waals surface area contributed by atoms with Crippen LogP contribution in [0.2, 0.25) is 0 Å². The second-order valence-corrected chi connectivity index (χ2v) is 7.80. The first kappa shape index (κ1) is 22.3. The molecule has 6 heteroatoms. The van der Waals surface area contributed by atoms with Crippen LogP contribution in [0.4, 0.5) is 0 Å². The molecule has 0 amide bonds. The van der Waals surface area contributed by atoms with Crippen LogP contribution in [0.1, 0.15) is 23.6 Å². The van der Waals surface area contributed by atoms with E-state index in [1.54, 1.807) is 6.92 Å². The summed E-state index contributed by atoms with van der Waals surface area (Å²) in [6, 6.07) is 16.2. The molecule has 2 aromatic carbocycles. The van der Waals surface area contributed by atoms with Crippen LogP contribution in [0.3, 0.4) is 0 Å². The lowest BCUT2D eigenvalue weighted by Gasteiger charge is -2.30. The number of likely N-dealkylation sites (N-methyl/N-ethyl adjacent to an activating group) is 1. The van der Waals surface area contributed by atoms with E-state index in [0.717, 1.165) is 30.8 Å². The van der Waals surface area contributed by atoms with E-state index in [2.05, 4.69) is 29.2 Å². The quantitative estimate of drug-likeness (QED) is 0.605. The van der Waals surface area contributed by atoms with Crippen LogP contribution in [0.15, 0.2) is 48.5 Å². The molecule has 0 aliphatic carbocycles. The highest BCUT2D eigenvalue weighted by Gasteiger charge is 2.19. The Hall–Kier alpha value is -2.41. The van der Waals surface area contributed by atoms with Gasteiger partial charge in [-0.2, -0.15) is 0 Å². The van der Waals surface area contributed by atoms with Crippen molar-refractivity contribution in [3.8, 4) is 5.75 Å². The van der Waals surface area contributed by atoms with Crippen LogP contribution >= 0.6 is 0 Å². The number of benzene rings is 2. The van der Waals surface area contributed by atoms with E-state index in [-0.39, 0.29) is 19.1 Å². The third-order valence-electron chi connectivity index (χ3n) is 5.23. The smallest absolute Gasteiger partial charge is 0.320 e. The van der Waals surface area contributed by atoms with Gasteiger partial charge in [-0.25, -0.2) is 0 Å². The summed E-state index contributed by atoms with van der Waals surface area (Å²) in [5.74, 6) is 0.494. The average molecular weight is 413 g/mol. The van der Waals surface area contributed by atoms with E-state index in [1.165, 1.54) is 11.1 Å². The van der Waals surface area contributed by atoms with Gasteiger partial charge in [-0.15, -0.1) is 0 Å². The van der Waals surface area contributed by atoms with Gasteiger partial charge in [-0.1, -0.05) is 42.5 Å². The fraction of sp³-hybridized carbons (Fsp3) is 0.458. The first-order valence-electron chi connectivity index (χ1n) is 10.6. The van der Waals surface area contributed by atoms with Crippen molar-refractivity contribution >= 4 is 5.97 Å². The van der Waals surface area contributed by atoms with E-state index in [4.69, 9.17) is 9.47 Å². The van der Waals surface area contributed by atoms with Crippen molar-refractivity contribution in [1.29, 1.82) is 0 Å². The van der Waals surface area contributed by atoms with Crippen molar-refractivity contribution in [2.45, 2.75) is 32.5 Å². The summed E-state index contributed by atoms with van der Waals surface area (Å²) in [7, 11) is 1.87. The summed E-state index contributed by atoms with van der Waals surface area (Å²) in [6.45, 7) is 5.60. The molecule has 0 saturated heterocycles. The van der Waals surface area contributed by atoms with E-state index in [1.807, 2.05) is 36.2 Å².